The van der Waals surface area contributed by atoms with E-state index in [4.69, 9.17) is 0 Å². The fraction of sp³-hybridized carbons (Fsp3) is 0.750. The molecule has 1 atom stereocenters. The van der Waals surface area contributed by atoms with Crippen molar-refractivity contribution < 1.29 is 5.11 Å². The number of rotatable bonds is 3. The lowest BCUT2D eigenvalue weighted by Crippen LogP contribution is -2.10. The lowest BCUT2D eigenvalue weighted by molar-refractivity contribution is 0.172. The molecule has 0 rings (SSSR count). The Morgan fingerprint density at radius 1 is 1.44 bits per heavy atom. The molecule has 0 aliphatic rings. The van der Waals surface area contributed by atoms with Gasteiger partial charge in [0.25, 0.3) is 0 Å². The molecule has 0 heterocycles. The second-order valence-corrected chi connectivity index (χ2v) is 2.57. The summed E-state index contributed by atoms with van der Waals surface area (Å²) < 4.78 is 0. The Balaban J connectivity index is 3.48. The van der Waals surface area contributed by atoms with Crippen molar-refractivity contribution in [1.82, 2.24) is 0 Å². The van der Waals surface area contributed by atoms with Gasteiger partial charge in [-0.25, -0.2) is 0 Å². The van der Waals surface area contributed by atoms with Crippen LogP contribution < -0.4 is 0 Å². The van der Waals surface area contributed by atoms with E-state index in [1.807, 2.05) is 26.0 Å². The largest absolute Gasteiger partial charge is 0.389 e. The lowest BCUT2D eigenvalue weighted by Gasteiger charge is -2.07. The molecule has 0 fully saturated rings. The molecule has 0 saturated carbocycles. The van der Waals surface area contributed by atoms with Gasteiger partial charge < -0.3 is 5.11 Å². The van der Waals surface area contributed by atoms with Crippen LogP contribution in [0.5, 0.6) is 0 Å². The fourth-order valence-corrected chi connectivity index (χ4v) is 0.498. The molecule has 0 saturated heterocycles. The smallest absolute Gasteiger partial charge is 0.0743 e. The molecule has 0 aliphatic heterocycles. The van der Waals surface area contributed by atoms with Gasteiger partial charge in [-0.15, -0.1) is 0 Å². The highest BCUT2D eigenvalue weighted by atomic mass is 16.3. The van der Waals surface area contributed by atoms with Crippen LogP contribution in [0.25, 0.3) is 0 Å². The van der Waals surface area contributed by atoms with E-state index in [2.05, 4.69) is 6.92 Å². The summed E-state index contributed by atoms with van der Waals surface area (Å²) in [7, 11) is 0. The summed E-state index contributed by atoms with van der Waals surface area (Å²) in [6, 6.07) is 0. The van der Waals surface area contributed by atoms with Crippen molar-refractivity contribution in [3.05, 3.63) is 12.2 Å². The summed E-state index contributed by atoms with van der Waals surface area (Å²) in [6.07, 6.45) is 4.59. The molecule has 0 radical (unpaired) electrons. The van der Waals surface area contributed by atoms with Gasteiger partial charge >= 0.3 is 0 Å². The van der Waals surface area contributed by atoms with Crippen LogP contribution in [-0.4, -0.2) is 11.2 Å². The predicted molar refractivity (Wildman–Crippen MR) is 40.3 cm³/mol. The molecule has 1 unspecified atom stereocenters. The summed E-state index contributed by atoms with van der Waals surface area (Å²) in [5.41, 5.74) is 0. The van der Waals surface area contributed by atoms with Crippen LogP contribution in [0.3, 0.4) is 0 Å². The maximum Gasteiger partial charge on any atom is 0.0743 e. The number of aliphatic hydroxyl groups excluding tert-OH is 1. The monoisotopic (exact) mass is 128 g/mol. The van der Waals surface area contributed by atoms with E-state index in [1.54, 1.807) is 0 Å². The van der Waals surface area contributed by atoms with Crippen molar-refractivity contribution in [2.24, 2.45) is 5.92 Å². The predicted octanol–water partition coefficient (Wildman–Crippen LogP) is 1.97. The van der Waals surface area contributed by atoms with Gasteiger partial charge in [-0.05, 0) is 12.3 Å². The quantitative estimate of drug-likeness (QED) is 0.576. The molecule has 54 valence electrons. The second kappa shape index (κ2) is 4.57. The summed E-state index contributed by atoms with van der Waals surface area (Å²) >= 11 is 0. The molecular weight excluding hydrogens is 112 g/mol. The zero-order valence-electron chi connectivity index (χ0n) is 6.46. The Labute approximate surface area is 57.4 Å². The Kier molecular flexibility index (Phi) is 4.41. The van der Waals surface area contributed by atoms with Gasteiger partial charge in [0, 0.05) is 0 Å². The Hall–Kier alpha value is -0.300. The van der Waals surface area contributed by atoms with E-state index < -0.39 is 0 Å². The first-order chi connectivity index (χ1) is 4.18. The summed E-state index contributed by atoms with van der Waals surface area (Å²) in [5.74, 6) is 0.341. The molecule has 0 amide bonds. The van der Waals surface area contributed by atoms with Gasteiger partial charge in [0.15, 0.2) is 0 Å². The zero-order chi connectivity index (χ0) is 7.28. The molecular formula is C8H16O. The number of allylic oxidation sites excluding steroid dienone is 1. The van der Waals surface area contributed by atoms with Crippen LogP contribution in [0.2, 0.25) is 0 Å². The third kappa shape index (κ3) is 4.22. The van der Waals surface area contributed by atoms with Crippen molar-refractivity contribution in [2.45, 2.75) is 33.3 Å². The molecule has 0 aromatic rings. The van der Waals surface area contributed by atoms with Gasteiger partial charge in [-0.1, -0.05) is 32.9 Å². The van der Waals surface area contributed by atoms with E-state index in [0.717, 1.165) is 6.42 Å². The first-order valence-corrected chi connectivity index (χ1v) is 3.53. The average Bonchev–Trinajstić information content (AvgIpc) is 1.82. The van der Waals surface area contributed by atoms with Crippen molar-refractivity contribution in [3.63, 3.8) is 0 Å². The maximum absolute atomic E-state index is 9.17. The molecule has 1 N–H and O–H groups in total. The molecule has 0 bridgehead atoms. The van der Waals surface area contributed by atoms with E-state index in [0.29, 0.717) is 5.92 Å². The van der Waals surface area contributed by atoms with Crippen LogP contribution in [0.4, 0.5) is 0 Å². The van der Waals surface area contributed by atoms with Crippen LogP contribution in [-0.2, 0) is 0 Å². The molecule has 0 aliphatic carbocycles. The number of aliphatic hydroxyl groups is 1. The SMILES string of the molecule is CCC=CC(O)C(C)C. The Bertz CT molecular complexity index is 84.6. The average molecular weight is 128 g/mol. The van der Waals surface area contributed by atoms with Crippen LogP contribution in [0, 0.1) is 5.92 Å². The first-order valence-electron chi connectivity index (χ1n) is 3.53. The number of hydrogen-bond donors (Lipinski definition) is 1. The molecule has 1 nitrogen and oxygen atoms in total. The van der Waals surface area contributed by atoms with E-state index in [1.165, 1.54) is 0 Å². The van der Waals surface area contributed by atoms with Crippen molar-refractivity contribution in [3.8, 4) is 0 Å². The molecule has 9 heavy (non-hydrogen) atoms. The minimum Gasteiger partial charge on any atom is -0.389 e. The molecule has 0 spiro atoms. The minimum atomic E-state index is -0.259. The van der Waals surface area contributed by atoms with Crippen LogP contribution >= 0.6 is 0 Å². The lowest BCUT2D eigenvalue weighted by atomic mass is 10.1. The van der Waals surface area contributed by atoms with Crippen LogP contribution in [0.1, 0.15) is 27.2 Å². The minimum absolute atomic E-state index is 0.259. The standard InChI is InChI=1S/C8H16O/c1-4-5-6-8(9)7(2)3/h5-9H,4H2,1-3H3. The van der Waals surface area contributed by atoms with Gasteiger partial charge in [-0.2, -0.15) is 0 Å². The highest BCUT2D eigenvalue weighted by molar-refractivity contribution is 4.88. The first kappa shape index (κ1) is 8.70. The molecule has 0 aromatic carbocycles. The van der Waals surface area contributed by atoms with Crippen LogP contribution in [0.15, 0.2) is 12.2 Å². The third-order valence-corrected chi connectivity index (χ3v) is 1.25. The maximum atomic E-state index is 9.17. The Morgan fingerprint density at radius 2 is 2.00 bits per heavy atom. The van der Waals surface area contributed by atoms with E-state index >= 15 is 0 Å². The van der Waals surface area contributed by atoms with Gasteiger partial charge in [-0.3, -0.25) is 0 Å². The highest BCUT2D eigenvalue weighted by Crippen LogP contribution is 2.01. The fourth-order valence-electron chi connectivity index (χ4n) is 0.498. The summed E-state index contributed by atoms with van der Waals surface area (Å²) in [4.78, 5) is 0. The summed E-state index contributed by atoms with van der Waals surface area (Å²) in [6.45, 7) is 6.07. The third-order valence-electron chi connectivity index (χ3n) is 1.25. The molecule has 0 aromatic heterocycles. The van der Waals surface area contributed by atoms with Crippen molar-refractivity contribution in [1.29, 1.82) is 0 Å². The zero-order valence-corrected chi connectivity index (χ0v) is 6.46. The van der Waals surface area contributed by atoms with E-state index in [-0.39, 0.29) is 6.10 Å². The normalized spacial score (nSPS) is 15.2. The topological polar surface area (TPSA) is 20.2 Å². The van der Waals surface area contributed by atoms with Crippen molar-refractivity contribution in [2.75, 3.05) is 0 Å². The molecule has 1 heteroatoms. The highest BCUT2D eigenvalue weighted by Gasteiger charge is 2.01. The van der Waals surface area contributed by atoms with Gasteiger partial charge in [0.1, 0.15) is 0 Å². The van der Waals surface area contributed by atoms with E-state index in [9.17, 15) is 5.11 Å². The number of hydrogen-bond acceptors (Lipinski definition) is 1. The second-order valence-electron chi connectivity index (χ2n) is 2.57. The van der Waals surface area contributed by atoms with Gasteiger partial charge in [0.2, 0.25) is 0 Å². The van der Waals surface area contributed by atoms with Crippen molar-refractivity contribution >= 4 is 0 Å². The Morgan fingerprint density at radius 3 is 2.33 bits per heavy atom. The summed E-state index contributed by atoms with van der Waals surface area (Å²) in [5, 5.41) is 9.17. The van der Waals surface area contributed by atoms with Gasteiger partial charge in [0.05, 0.1) is 6.10 Å².